The lowest BCUT2D eigenvalue weighted by atomic mass is 10.0. The number of benzene rings is 2. The van der Waals surface area contributed by atoms with E-state index in [2.05, 4.69) is 0 Å². The molecule has 0 aliphatic carbocycles. The maximum atomic E-state index is 12.4. The summed E-state index contributed by atoms with van der Waals surface area (Å²) < 4.78 is 0. The third-order valence-corrected chi connectivity index (χ3v) is 3.97. The van der Waals surface area contributed by atoms with Crippen LogP contribution in [0.15, 0.2) is 48.5 Å². The quantitative estimate of drug-likeness (QED) is 0.532. The van der Waals surface area contributed by atoms with Crippen LogP contribution in [0.2, 0.25) is 0 Å². The second-order valence-electron chi connectivity index (χ2n) is 5.54. The van der Waals surface area contributed by atoms with Crippen molar-refractivity contribution in [3.8, 4) is 0 Å². The van der Waals surface area contributed by atoms with Crippen molar-refractivity contribution in [2.45, 2.75) is 12.5 Å². The Bertz CT molecular complexity index is 746. The van der Waals surface area contributed by atoms with E-state index in [0.717, 1.165) is 0 Å². The zero-order chi connectivity index (χ0) is 16.4. The first-order valence-corrected chi connectivity index (χ1v) is 7.37. The van der Waals surface area contributed by atoms with Gasteiger partial charge in [-0.2, -0.15) is 0 Å². The lowest BCUT2D eigenvalue weighted by Gasteiger charge is -2.18. The first kappa shape index (κ1) is 15.2. The maximum Gasteiger partial charge on any atom is 0.293 e. The molecule has 1 atom stereocenters. The molecule has 1 aliphatic heterocycles. The van der Waals surface area contributed by atoms with E-state index in [1.165, 1.54) is 6.07 Å². The van der Waals surface area contributed by atoms with E-state index in [9.17, 15) is 20.0 Å². The summed E-state index contributed by atoms with van der Waals surface area (Å²) in [5.74, 6) is -0.248. The standard InChI is InChI=1S/C17H16N2O4/c20-14-8-9-18(11-14)15-7-6-13(10-16(15)19(22)23)17(21)12-4-2-1-3-5-12/h1-7,10,14,20H,8-9,11H2/t14-/m1/s1. The number of nitrogens with zero attached hydrogens (tertiary/aromatic N) is 2. The van der Waals surface area contributed by atoms with Gasteiger partial charge in [-0.1, -0.05) is 30.3 Å². The molecule has 0 bridgehead atoms. The molecule has 0 unspecified atom stereocenters. The van der Waals surface area contributed by atoms with Gasteiger partial charge in [0, 0.05) is 30.3 Å². The van der Waals surface area contributed by atoms with Gasteiger partial charge in [0.25, 0.3) is 5.69 Å². The molecule has 0 radical (unpaired) electrons. The van der Waals surface area contributed by atoms with Crippen molar-refractivity contribution in [2.75, 3.05) is 18.0 Å². The van der Waals surface area contributed by atoms with Crippen molar-refractivity contribution >= 4 is 17.2 Å². The number of anilines is 1. The molecule has 1 aliphatic rings. The fraction of sp³-hybridized carbons (Fsp3) is 0.235. The van der Waals surface area contributed by atoms with Gasteiger partial charge in [-0.25, -0.2) is 0 Å². The number of aliphatic hydroxyl groups excluding tert-OH is 1. The van der Waals surface area contributed by atoms with Crippen LogP contribution in [-0.4, -0.2) is 35.0 Å². The monoisotopic (exact) mass is 312 g/mol. The highest BCUT2D eigenvalue weighted by molar-refractivity contribution is 6.09. The fourth-order valence-electron chi connectivity index (χ4n) is 2.80. The number of β-amino-alcohol motifs (C(OH)–C–C–N with tert-alkyl or cyclic N) is 1. The van der Waals surface area contributed by atoms with Crippen LogP contribution < -0.4 is 4.90 Å². The molecule has 6 heteroatoms. The summed E-state index contributed by atoms with van der Waals surface area (Å²) in [4.78, 5) is 25.1. The number of ketones is 1. The normalized spacial score (nSPS) is 17.3. The van der Waals surface area contributed by atoms with Crippen LogP contribution >= 0.6 is 0 Å². The van der Waals surface area contributed by atoms with Gasteiger partial charge in [-0.15, -0.1) is 0 Å². The molecule has 0 amide bonds. The number of nitro groups is 1. The minimum atomic E-state index is -0.484. The lowest BCUT2D eigenvalue weighted by molar-refractivity contribution is -0.384. The number of carbonyl (C=O) groups excluding carboxylic acids is 1. The third-order valence-electron chi connectivity index (χ3n) is 3.97. The lowest BCUT2D eigenvalue weighted by Crippen LogP contribution is -2.22. The first-order valence-electron chi connectivity index (χ1n) is 7.37. The van der Waals surface area contributed by atoms with Gasteiger partial charge < -0.3 is 10.0 Å². The van der Waals surface area contributed by atoms with E-state index < -0.39 is 11.0 Å². The Balaban J connectivity index is 1.97. The fourth-order valence-corrected chi connectivity index (χ4v) is 2.80. The van der Waals surface area contributed by atoms with Gasteiger partial charge >= 0.3 is 0 Å². The van der Waals surface area contributed by atoms with Gasteiger partial charge in [0.15, 0.2) is 5.78 Å². The zero-order valence-electron chi connectivity index (χ0n) is 12.4. The molecule has 0 saturated carbocycles. The van der Waals surface area contributed by atoms with Crippen LogP contribution in [-0.2, 0) is 0 Å². The zero-order valence-corrected chi connectivity index (χ0v) is 12.4. The molecule has 2 aromatic rings. The Morgan fingerprint density at radius 2 is 1.91 bits per heavy atom. The summed E-state index contributed by atoms with van der Waals surface area (Å²) in [5, 5.41) is 21.0. The first-order chi connectivity index (χ1) is 11.1. The van der Waals surface area contributed by atoms with Gasteiger partial charge in [-0.3, -0.25) is 14.9 Å². The van der Waals surface area contributed by atoms with E-state index in [1.807, 2.05) is 0 Å². The topological polar surface area (TPSA) is 83.7 Å². The summed E-state index contributed by atoms with van der Waals surface area (Å²) in [6.07, 6.45) is 0.113. The number of carbonyl (C=O) groups is 1. The molecular formula is C17H16N2O4. The largest absolute Gasteiger partial charge is 0.391 e. The Hall–Kier alpha value is -2.73. The second-order valence-corrected chi connectivity index (χ2v) is 5.54. The highest BCUT2D eigenvalue weighted by Gasteiger charge is 2.27. The van der Waals surface area contributed by atoms with E-state index >= 15 is 0 Å². The van der Waals surface area contributed by atoms with Crippen molar-refractivity contribution in [3.05, 3.63) is 69.8 Å². The number of aliphatic hydroxyl groups is 1. The molecule has 1 saturated heterocycles. The van der Waals surface area contributed by atoms with Gasteiger partial charge in [0.1, 0.15) is 5.69 Å². The van der Waals surface area contributed by atoms with Gasteiger partial charge in [0.05, 0.1) is 11.0 Å². The summed E-state index contributed by atoms with van der Waals surface area (Å²) in [5.41, 5.74) is 1.11. The molecular weight excluding hydrogens is 296 g/mol. The van der Waals surface area contributed by atoms with Crippen molar-refractivity contribution in [1.82, 2.24) is 0 Å². The minimum Gasteiger partial charge on any atom is -0.391 e. The molecule has 118 valence electrons. The molecule has 23 heavy (non-hydrogen) atoms. The smallest absolute Gasteiger partial charge is 0.293 e. The second kappa shape index (κ2) is 6.18. The van der Waals surface area contributed by atoms with Crippen molar-refractivity contribution in [3.63, 3.8) is 0 Å². The van der Waals surface area contributed by atoms with Crippen LogP contribution in [0.25, 0.3) is 0 Å². The molecule has 6 nitrogen and oxygen atoms in total. The number of rotatable bonds is 4. The Morgan fingerprint density at radius 1 is 1.17 bits per heavy atom. The molecule has 1 heterocycles. The third kappa shape index (κ3) is 3.07. The van der Waals surface area contributed by atoms with Crippen molar-refractivity contribution in [2.24, 2.45) is 0 Å². The molecule has 3 rings (SSSR count). The maximum absolute atomic E-state index is 12.4. The molecule has 2 aromatic carbocycles. The predicted octanol–water partition coefficient (Wildman–Crippen LogP) is 2.40. The van der Waals surface area contributed by atoms with Crippen molar-refractivity contribution in [1.29, 1.82) is 0 Å². The van der Waals surface area contributed by atoms with E-state index in [0.29, 0.717) is 30.8 Å². The van der Waals surface area contributed by atoms with Gasteiger partial charge in [0.2, 0.25) is 0 Å². The Kier molecular flexibility index (Phi) is 4.08. The number of nitro benzene ring substituents is 1. The van der Waals surface area contributed by atoms with E-state index in [4.69, 9.17) is 0 Å². The van der Waals surface area contributed by atoms with Crippen molar-refractivity contribution < 1.29 is 14.8 Å². The molecule has 0 spiro atoms. The van der Waals surface area contributed by atoms with Crippen LogP contribution in [0.3, 0.4) is 0 Å². The Morgan fingerprint density at radius 3 is 2.52 bits per heavy atom. The summed E-state index contributed by atoms with van der Waals surface area (Å²) >= 11 is 0. The van der Waals surface area contributed by atoms with E-state index in [-0.39, 0.29) is 17.0 Å². The summed E-state index contributed by atoms with van der Waals surface area (Å²) in [6, 6.07) is 13.2. The minimum absolute atomic E-state index is 0.110. The van der Waals surface area contributed by atoms with Crippen LogP contribution in [0.1, 0.15) is 22.3 Å². The summed E-state index contributed by atoms with van der Waals surface area (Å²) in [6.45, 7) is 0.931. The Labute approximate surface area is 133 Å². The average molecular weight is 312 g/mol. The van der Waals surface area contributed by atoms with Crippen LogP contribution in [0, 0.1) is 10.1 Å². The predicted molar refractivity (Wildman–Crippen MR) is 85.8 cm³/mol. The average Bonchev–Trinajstić information content (AvgIpc) is 3.00. The number of hydrogen-bond acceptors (Lipinski definition) is 5. The summed E-state index contributed by atoms with van der Waals surface area (Å²) in [7, 11) is 0. The highest BCUT2D eigenvalue weighted by Crippen LogP contribution is 2.32. The van der Waals surface area contributed by atoms with E-state index in [1.54, 1.807) is 47.4 Å². The van der Waals surface area contributed by atoms with Gasteiger partial charge in [-0.05, 0) is 18.6 Å². The molecule has 1 N–H and O–H groups in total. The molecule has 1 fully saturated rings. The number of hydrogen-bond donors (Lipinski definition) is 1. The van der Waals surface area contributed by atoms with Crippen LogP contribution in [0.5, 0.6) is 0 Å². The highest BCUT2D eigenvalue weighted by atomic mass is 16.6. The van der Waals surface area contributed by atoms with Crippen LogP contribution in [0.4, 0.5) is 11.4 Å². The SMILES string of the molecule is O=C(c1ccccc1)c1ccc(N2CC[C@@H](O)C2)c([N+](=O)[O-])c1. The molecule has 0 aromatic heterocycles.